The summed E-state index contributed by atoms with van der Waals surface area (Å²) >= 11 is 0. The summed E-state index contributed by atoms with van der Waals surface area (Å²) < 4.78 is 67.5. The number of ether oxygens (including phenoxy) is 1. The van der Waals surface area contributed by atoms with Crippen molar-refractivity contribution in [1.82, 2.24) is 24.8 Å². The molecular formula is C42H42F3N7O4. The van der Waals surface area contributed by atoms with Crippen LogP contribution in [0.2, 0.25) is 0 Å². The van der Waals surface area contributed by atoms with Gasteiger partial charge in [-0.25, -0.2) is 22.9 Å². The third kappa shape index (κ3) is 5.34. The second kappa shape index (κ2) is 13.2. The minimum Gasteiger partial charge on any atom is -0.461 e. The fourth-order valence-corrected chi connectivity index (χ4v) is 10.7. The predicted octanol–water partition coefficient (Wildman–Crippen LogP) is 6.50. The van der Waals surface area contributed by atoms with Gasteiger partial charge in [0.05, 0.1) is 34.3 Å². The lowest BCUT2D eigenvalue weighted by Gasteiger charge is -2.48. The Hall–Kier alpha value is -5.13. The molecule has 0 spiro atoms. The molecule has 3 atom stereocenters. The van der Waals surface area contributed by atoms with Crippen molar-refractivity contribution in [3.8, 4) is 29.6 Å². The summed E-state index contributed by atoms with van der Waals surface area (Å²) in [4.78, 5) is 33.3. The number of nitrogens with zero attached hydrogens (tertiary/aromatic N) is 6. The molecule has 14 heteroatoms. The van der Waals surface area contributed by atoms with Crippen LogP contribution in [0, 0.1) is 29.8 Å². The van der Waals surface area contributed by atoms with E-state index in [0.717, 1.165) is 51.6 Å². The third-order valence-electron chi connectivity index (χ3n) is 13.2. The Morgan fingerprint density at radius 3 is 2.59 bits per heavy atom. The molecule has 3 aromatic heterocycles. The van der Waals surface area contributed by atoms with Gasteiger partial charge in [0, 0.05) is 42.0 Å². The van der Waals surface area contributed by atoms with Crippen LogP contribution in [0.15, 0.2) is 31.8 Å². The van der Waals surface area contributed by atoms with E-state index in [1.807, 2.05) is 6.92 Å². The van der Waals surface area contributed by atoms with E-state index in [4.69, 9.17) is 35.7 Å². The number of anilines is 2. The van der Waals surface area contributed by atoms with Gasteiger partial charge in [-0.2, -0.15) is 9.97 Å². The van der Waals surface area contributed by atoms with Crippen molar-refractivity contribution < 1.29 is 26.7 Å². The number of hydrogen-bond acceptors (Lipinski definition) is 11. The van der Waals surface area contributed by atoms with Gasteiger partial charge in [-0.05, 0) is 88.4 Å². The van der Waals surface area contributed by atoms with E-state index in [0.29, 0.717) is 67.1 Å². The number of pyridine rings is 1. The van der Waals surface area contributed by atoms with Crippen LogP contribution in [0.5, 0.6) is 6.01 Å². The molecule has 0 unspecified atom stereocenters. The zero-order valence-electron chi connectivity index (χ0n) is 31.2. The van der Waals surface area contributed by atoms with Crippen molar-refractivity contribution in [2.45, 2.75) is 101 Å². The Kier molecular flexibility index (Phi) is 8.34. The molecule has 0 amide bonds. The molecule has 5 aromatic rings. The lowest BCUT2D eigenvalue weighted by Crippen LogP contribution is -2.60. The summed E-state index contributed by atoms with van der Waals surface area (Å²) in [5, 5.41) is 0.794. The number of fused-ring (bicyclic) bond motifs is 7. The highest BCUT2D eigenvalue weighted by Crippen LogP contribution is 2.47. The predicted molar refractivity (Wildman–Crippen MR) is 204 cm³/mol. The van der Waals surface area contributed by atoms with E-state index in [1.54, 1.807) is 0 Å². The van der Waals surface area contributed by atoms with Crippen molar-refractivity contribution in [2.24, 2.45) is 0 Å². The third-order valence-corrected chi connectivity index (χ3v) is 13.2. The molecule has 11 nitrogen and oxygen atoms in total. The fraction of sp³-hybridized carbons (Fsp3) is 0.476. The van der Waals surface area contributed by atoms with Crippen molar-refractivity contribution in [3.63, 3.8) is 0 Å². The van der Waals surface area contributed by atoms with Crippen LogP contribution in [0.1, 0.15) is 80.9 Å². The summed E-state index contributed by atoms with van der Waals surface area (Å²) in [6.07, 6.45) is 13.8. The maximum Gasteiger partial charge on any atom is 0.519 e. The first-order chi connectivity index (χ1) is 27.2. The summed E-state index contributed by atoms with van der Waals surface area (Å²) in [5.74, 6) is 0.682. The first-order valence-corrected chi connectivity index (χ1v) is 19.8. The van der Waals surface area contributed by atoms with Gasteiger partial charge < -0.3 is 24.2 Å². The van der Waals surface area contributed by atoms with Gasteiger partial charge in [0.1, 0.15) is 35.4 Å². The average molecular weight is 766 g/mol. The Labute approximate surface area is 321 Å². The SMILES string of the molecule is C#Cc1c(F)ccc2cc(N)nc(-c3c(F)c4c5c(nc(OCC67CCCN6CCC7)nc5c3F)N3C[C@H]5CC[C@@H]([C@H]3CCC4)N5Cc3oc(=O)oc3CC)c12. The van der Waals surface area contributed by atoms with Crippen molar-refractivity contribution in [1.29, 1.82) is 0 Å². The van der Waals surface area contributed by atoms with Gasteiger partial charge in [0.25, 0.3) is 0 Å². The monoisotopic (exact) mass is 765 g/mol. The summed E-state index contributed by atoms with van der Waals surface area (Å²) in [5.41, 5.74) is 5.44. The highest BCUT2D eigenvalue weighted by atomic mass is 19.1. The van der Waals surface area contributed by atoms with Crippen LogP contribution in [0.4, 0.5) is 24.8 Å². The van der Waals surface area contributed by atoms with Crippen LogP contribution in [-0.2, 0) is 19.4 Å². The molecule has 5 aliphatic rings. The lowest BCUT2D eigenvalue weighted by atomic mass is 9.89. The number of hydrogen-bond donors (Lipinski definition) is 1. The zero-order valence-corrected chi connectivity index (χ0v) is 31.2. The van der Waals surface area contributed by atoms with Crippen molar-refractivity contribution in [3.05, 3.63) is 68.9 Å². The number of aryl methyl sites for hydroxylation is 2. The Morgan fingerprint density at radius 2 is 1.80 bits per heavy atom. The van der Waals surface area contributed by atoms with Gasteiger partial charge in [-0.3, -0.25) is 9.80 Å². The Morgan fingerprint density at radius 1 is 1.00 bits per heavy atom. The fourth-order valence-electron chi connectivity index (χ4n) is 10.7. The molecule has 10 rings (SSSR count). The molecule has 290 valence electrons. The molecule has 0 aliphatic carbocycles. The first kappa shape index (κ1) is 35.3. The second-order valence-corrected chi connectivity index (χ2v) is 16.0. The highest BCUT2D eigenvalue weighted by molar-refractivity contribution is 6.04. The van der Waals surface area contributed by atoms with Gasteiger partial charge in [0.15, 0.2) is 17.3 Å². The maximum absolute atomic E-state index is 17.6. The molecule has 56 heavy (non-hydrogen) atoms. The number of nitrogens with two attached hydrogens (primary N) is 1. The van der Waals surface area contributed by atoms with Crippen LogP contribution in [-0.4, -0.2) is 74.7 Å². The van der Waals surface area contributed by atoms with Gasteiger partial charge in [0.2, 0.25) is 0 Å². The number of benzene rings is 2. The molecule has 8 heterocycles. The topological polar surface area (TPSA) is 127 Å². The quantitative estimate of drug-likeness (QED) is 0.183. The number of aromatic nitrogens is 3. The van der Waals surface area contributed by atoms with E-state index in [1.165, 1.54) is 18.2 Å². The molecular weight excluding hydrogens is 724 g/mol. The molecule has 0 radical (unpaired) electrons. The van der Waals surface area contributed by atoms with Crippen LogP contribution in [0.3, 0.4) is 0 Å². The van der Waals surface area contributed by atoms with E-state index >= 15 is 13.2 Å². The average Bonchev–Trinajstić information content (AvgIpc) is 3.93. The van der Waals surface area contributed by atoms with E-state index in [2.05, 4.69) is 25.6 Å². The van der Waals surface area contributed by atoms with E-state index < -0.39 is 28.8 Å². The second-order valence-electron chi connectivity index (χ2n) is 16.0. The number of nitrogen functional groups attached to an aromatic ring is 1. The largest absolute Gasteiger partial charge is 0.519 e. The summed E-state index contributed by atoms with van der Waals surface area (Å²) in [7, 11) is 0. The van der Waals surface area contributed by atoms with Gasteiger partial charge in [-0.15, -0.1) is 6.42 Å². The van der Waals surface area contributed by atoms with Crippen LogP contribution < -0.4 is 21.2 Å². The molecule has 4 saturated heterocycles. The van der Waals surface area contributed by atoms with Gasteiger partial charge in [-0.1, -0.05) is 18.9 Å². The van der Waals surface area contributed by atoms with E-state index in [9.17, 15) is 4.79 Å². The lowest BCUT2D eigenvalue weighted by molar-refractivity contribution is 0.106. The zero-order chi connectivity index (χ0) is 38.5. The molecule has 2 bridgehead atoms. The maximum atomic E-state index is 17.6. The minimum atomic E-state index is -0.969. The normalized spacial score (nSPS) is 23.0. The number of piperazine rings is 1. The standard InChI is InChI=1S/C42H42F3N7O4/c1-3-24-26(43)12-10-22-18-31(46)47-37(32(22)24)34-35(44)25-8-5-9-27-28-13-11-23(51(28)20-30-29(4-2)55-41(53)56-30)19-52(27)39-33(25)38(36(34)45)48-40(49-39)54-21-42-14-6-16-50(42)17-7-15-42/h1,10,12,18,23,27-28H,4-9,11,13-17,19-21H2,2H3,(H2,46,47)/t23-,27-,28+/m1/s1. The van der Waals surface area contributed by atoms with E-state index in [-0.39, 0.29) is 69.6 Å². The van der Waals surface area contributed by atoms with Crippen molar-refractivity contribution in [2.75, 3.05) is 36.9 Å². The van der Waals surface area contributed by atoms with Crippen molar-refractivity contribution >= 4 is 33.3 Å². The summed E-state index contributed by atoms with van der Waals surface area (Å²) in [6.45, 7) is 5.26. The molecule has 5 aliphatic heterocycles. The molecule has 0 saturated carbocycles. The van der Waals surface area contributed by atoms with Gasteiger partial charge >= 0.3 is 11.8 Å². The molecule has 4 fully saturated rings. The summed E-state index contributed by atoms with van der Waals surface area (Å²) in [6, 6.07) is 4.27. The highest BCUT2D eigenvalue weighted by Gasteiger charge is 2.49. The molecule has 2 aromatic carbocycles. The number of terminal acetylenes is 1. The minimum absolute atomic E-state index is 0.00456. The Balaban J connectivity index is 1.15. The Bertz CT molecular complexity index is 2520. The van der Waals surface area contributed by atoms with Crippen LogP contribution in [0.25, 0.3) is 32.9 Å². The van der Waals surface area contributed by atoms with Crippen LogP contribution >= 0.6 is 0 Å². The first-order valence-electron chi connectivity index (χ1n) is 19.8. The number of halogens is 3. The number of rotatable bonds is 7. The molecule has 2 N–H and O–H groups in total. The smallest absolute Gasteiger partial charge is 0.461 e.